The van der Waals surface area contributed by atoms with Crippen LogP contribution in [0.15, 0.2) is 17.6 Å². The molecule has 0 fully saturated rings. The molecule has 0 saturated carbocycles. The maximum atomic E-state index is 13.1. The zero-order valence-corrected chi connectivity index (χ0v) is 11.6. The normalized spacial score (nSPS) is 10.7. The highest BCUT2D eigenvalue weighted by Gasteiger charge is 2.18. The minimum atomic E-state index is -1.58. The molecule has 0 radical (unpaired) electrons. The van der Waals surface area contributed by atoms with Crippen LogP contribution >= 0.6 is 11.3 Å². The summed E-state index contributed by atoms with van der Waals surface area (Å²) in [4.78, 5) is 18.3. The van der Waals surface area contributed by atoms with E-state index >= 15 is 0 Å². The number of amides is 1. The molecule has 106 valence electrons. The van der Waals surface area contributed by atoms with Crippen molar-refractivity contribution in [3.8, 4) is 0 Å². The van der Waals surface area contributed by atoms with Crippen molar-refractivity contribution in [2.75, 3.05) is 7.05 Å². The van der Waals surface area contributed by atoms with Gasteiger partial charge in [-0.1, -0.05) is 0 Å². The molecule has 2 rings (SSSR count). The van der Waals surface area contributed by atoms with E-state index in [1.54, 1.807) is 12.4 Å². The number of hydrogen-bond donors (Lipinski definition) is 0. The van der Waals surface area contributed by atoms with Crippen molar-refractivity contribution in [3.63, 3.8) is 0 Å². The smallest absolute Gasteiger partial charge is 0.254 e. The van der Waals surface area contributed by atoms with Crippen molar-refractivity contribution < 1.29 is 18.0 Å². The number of benzene rings is 1. The number of aryl methyl sites for hydroxylation is 1. The molecule has 0 bridgehead atoms. The van der Waals surface area contributed by atoms with E-state index in [9.17, 15) is 18.0 Å². The highest BCUT2D eigenvalue weighted by molar-refractivity contribution is 7.09. The minimum Gasteiger partial charge on any atom is -0.336 e. The second-order valence-corrected chi connectivity index (χ2v) is 5.22. The van der Waals surface area contributed by atoms with Crippen molar-refractivity contribution >= 4 is 17.2 Å². The first-order valence-corrected chi connectivity index (χ1v) is 6.57. The summed E-state index contributed by atoms with van der Waals surface area (Å²) in [5, 5.41) is 0. The number of carbonyl (C=O) groups excluding carboxylic acids is 1. The maximum absolute atomic E-state index is 13.1. The second kappa shape index (κ2) is 5.62. The van der Waals surface area contributed by atoms with Gasteiger partial charge in [0.05, 0.1) is 17.7 Å². The summed E-state index contributed by atoms with van der Waals surface area (Å²) in [6.07, 6.45) is 0. The molecule has 0 unspecified atom stereocenters. The number of rotatable bonds is 3. The van der Waals surface area contributed by atoms with Crippen molar-refractivity contribution in [2.45, 2.75) is 13.5 Å². The number of carbonyl (C=O) groups is 1. The first-order chi connectivity index (χ1) is 9.40. The van der Waals surface area contributed by atoms with Gasteiger partial charge in [-0.2, -0.15) is 0 Å². The van der Waals surface area contributed by atoms with Gasteiger partial charge in [-0.05, 0) is 19.1 Å². The molecular weight excluding hydrogens is 289 g/mol. The molecule has 3 nitrogen and oxygen atoms in total. The lowest BCUT2D eigenvalue weighted by Gasteiger charge is -2.16. The largest absolute Gasteiger partial charge is 0.336 e. The van der Waals surface area contributed by atoms with E-state index in [0.29, 0.717) is 12.1 Å². The minimum absolute atomic E-state index is 0.230. The van der Waals surface area contributed by atoms with Gasteiger partial charge in [0, 0.05) is 17.5 Å². The van der Waals surface area contributed by atoms with Crippen LogP contribution in [0.3, 0.4) is 0 Å². The first-order valence-electron chi connectivity index (χ1n) is 5.69. The standard InChI is InChI=1S/C13H11F3N2OS/c1-7-11(20-6-17-7)5-18(2)13(19)8-3-9(14)12(16)10(15)4-8/h3-4,6H,5H2,1-2H3. The Balaban J connectivity index is 2.21. The second-order valence-electron chi connectivity index (χ2n) is 4.28. The van der Waals surface area contributed by atoms with E-state index in [1.807, 2.05) is 0 Å². The third kappa shape index (κ3) is 2.82. The Morgan fingerprint density at radius 2 is 1.90 bits per heavy atom. The average molecular weight is 300 g/mol. The lowest BCUT2D eigenvalue weighted by Crippen LogP contribution is -2.26. The zero-order chi connectivity index (χ0) is 14.9. The highest BCUT2D eigenvalue weighted by atomic mass is 32.1. The number of halogens is 3. The van der Waals surface area contributed by atoms with Gasteiger partial charge < -0.3 is 4.90 Å². The predicted octanol–water partition coefficient (Wildman–Crippen LogP) is 3.14. The molecule has 0 N–H and O–H groups in total. The molecule has 0 atom stereocenters. The Hall–Kier alpha value is -1.89. The summed E-state index contributed by atoms with van der Waals surface area (Å²) >= 11 is 1.39. The van der Waals surface area contributed by atoms with Crippen LogP contribution < -0.4 is 0 Å². The molecule has 0 saturated heterocycles. The van der Waals surface area contributed by atoms with Crippen LogP contribution in [-0.4, -0.2) is 22.8 Å². The summed E-state index contributed by atoms with van der Waals surface area (Å²) in [5.41, 5.74) is 2.22. The summed E-state index contributed by atoms with van der Waals surface area (Å²) < 4.78 is 39.1. The van der Waals surface area contributed by atoms with Crippen molar-refractivity contribution in [3.05, 3.63) is 51.2 Å². The van der Waals surface area contributed by atoms with E-state index in [2.05, 4.69) is 4.98 Å². The van der Waals surface area contributed by atoms with Crippen LogP contribution in [0.5, 0.6) is 0 Å². The quantitative estimate of drug-likeness (QED) is 0.816. The van der Waals surface area contributed by atoms with Gasteiger partial charge in [-0.3, -0.25) is 4.79 Å². The number of aromatic nitrogens is 1. The average Bonchev–Trinajstić information content (AvgIpc) is 2.80. The molecular formula is C13H11F3N2OS. The van der Waals surface area contributed by atoms with Gasteiger partial charge in [0.1, 0.15) is 0 Å². The van der Waals surface area contributed by atoms with Gasteiger partial charge in [-0.15, -0.1) is 11.3 Å². The first kappa shape index (κ1) is 14.5. The summed E-state index contributed by atoms with van der Waals surface area (Å²) in [7, 11) is 1.50. The molecule has 1 amide bonds. The number of thiazole rings is 1. The molecule has 0 aliphatic carbocycles. The number of hydrogen-bond acceptors (Lipinski definition) is 3. The molecule has 7 heteroatoms. The molecule has 1 aromatic carbocycles. The van der Waals surface area contributed by atoms with Crippen LogP contribution in [0.1, 0.15) is 20.9 Å². The van der Waals surface area contributed by atoms with E-state index < -0.39 is 23.4 Å². The third-order valence-electron chi connectivity index (χ3n) is 2.80. The molecule has 0 aliphatic heterocycles. The SMILES string of the molecule is Cc1ncsc1CN(C)C(=O)c1cc(F)c(F)c(F)c1. The van der Waals surface area contributed by atoms with Crippen LogP contribution in [-0.2, 0) is 6.54 Å². The van der Waals surface area contributed by atoms with Crippen LogP contribution in [0, 0.1) is 24.4 Å². The third-order valence-corrected chi connectivity index (χ3v) is 3.72. The van der Waals surface area contributed by atoms with Gasteiger partial charge in [0.2, 0.25) is 0 Å². The fraction of sp³-hybridized carbons (Fsp3) is 0.231. The molecule has 0 aliphatic rings. The summed E-state index contributed by atoms with van der Waals surface area (Å²) in [6.45, 7) is 2.08. The van der Waals surface area contributed by atoms with E-state index in [4.69, 9.17) is 0 Å². The van der Waals surface area contributed by atoms with E-state index in [1.165, 1.54) is 23.3 Å². The topological polar surface area (TPSA) is 33.2 Å². The Morgan fingerprint density at radius 3 is 2.40 bits per heavy atom. The number of nitrogens with zero attached hydrogens (tertiary/aromatic N) is 2. The molecule has 1 heterocycles. The molecule has 1 aromatic heterocycles. The monoisotopic (exact) mass is 300 g/mol. The van der Waals surface area contributed by atoms with Gasteiger partial charge in [0.25, 0.3) is 5.91 Å². The summed E-state index contributed by atoms with van der Waals surface area (Å²) in [6, 6.07) is 1.38. The maximum Gasteiger partial charge on any atom is 0.254 e. The molecule has 20 heavy (non-hydrogen) atoms. The zero-order valence-electron chi connectivity index (χ0n) is 10.8. The Labute approximate surface area is 117 Å². The van der Waals surface area contributed by atoms with Crippen molar-refractivity contribution in [2.24, 2.45) is 0 Å². The Morgan fingerprint density at radius 1 is 1.30 bits per heavy atom. The van der Waals surface area contributed by atoms with E-state index in [-0.39, 0.29) is 12.1 Å². The van der Waals surface area contributed by atoms with Crippen LogP contribution in [0.2, 0.25) is 0 Å². The van der Waals surface area contributed by atoms with Crippen LogP contribution in [0.25, 0.3) is 0 Å². The van der Waals surface area contributed by atoms with Crippen molar-refractivity contribution in [1.82, 2.24) is 9.88 Å². The Bertz CT molecular complexity index is 634. The molecule has 2 aromatic rings. The summed E-state index contributed by atoms with van der Waals surface area (Å²) in [5.74, 6) is -4.93. The lowest BCUT2D eigenvalue weighted by atomic mass is 10.2. The van der Waals surface area contributed by atoms with Crippen molar-refractivity contribution in [1.29, 1.82) is 0 Å². The predicted molar refractivity (Wildman–Crippen MR) is 69.0 cm³/mol. The van der Waals surface area contributed by atoms with Gasteiger partial charge in [0.15, 0.2) is 17.5 Å². The van der Waals surface area contributed by atoms with E-state index in [0.717, 1.165) is 10.6 Å². The van der Waals surface area contributed by atoms with Gasteiger partial charge in [-0.25, -0.2) is 18.2 Å². The van der Waals surface area contributed by atoms with Gasteiger partial charge >= 0.3 is 0 Å². The fourth-order valence-corrected chi connectivity index (χ4v) is 2.49. The van der Waals surface area contributed by atoms with Crippen LogP contribution in [0.4, 0.5) is 13.2 Å². The lowest BCUT2D eigenvalue weighted by molar-refractivity contribution is 0.0785. The molecule has 0 spiro atoms. The highest BCUT2D eigenvalue weighted by Crippen LogP contribution is 2.18. The fourth-order valence-electron chi connectivity index (χ4n) is 1.66. The Kier molecular flexibility index (Phi) is 4.08.